The molecule has 0 aliphatic carbocycles. The van der Waals surface area contributed by atoms with E-state index in [0.29, 0.717) is 11.3 Å². The van der Waals surface area contributed by atoms with Gasteiger partial charge in [0.05, 0.1) is 36.5 Å². The summed E-state index contributed by atoms with van der Waals surface area (Å²) in [6, 6.07) is 18.4. The Bertz CT molecular complexity index is 1190. The fourth-order valence-corrected chi connectivity index (χ4v) is 3.09. The highest BCUT2D eigenvalue weighted by Gasteiger charge is 2.17. The minimum absolute atomic E-state index is 0.268. The highest BCUT2D eigenvalue weighted by Crippen LogP contribution is 2.27. The van der Waals surface area contributed by atoms with Crippen LogP contribution in [0.4, 0.5) is 5.69 Å². The smallest absolute Gasteiger partial charge is 0.339 e. The lowest BCUT2D eigenvalue weighted by Crippen LogP contribution is -2.16. The molecule has 1 amide bonds. The van der Waals surface area contributed by atoms with Crippen molar-refractivity contribution in [3.8, 4) is 22.3 Å². The number of aromatic nitrogens is 1. The Morgan fingerprint density at radius 1 is 0.900 bits per heavy atom. The molecular formula is C24H18N2O4. The van der Waals surface area contributed by atoms with E-state index in [1.807, 2.05) is 36.4 Å². The monoisotopic (exact) mass is 398 g/mol. The van der Waals surface area contributed by atoms with Gasteiger partial charge in [0.25, 0.3) is 5.91 Å². The van der Waals surface area contributed by atoms with E-state index in [2.05, 4.69) is 10.3 Å². The van der Waals surface area contributed by atoms with Gasteiger partial charge in [0, 0.05) is 23.5 Å². The molecule has 30 heavy (non-hydrogen) atoms. The number of nitrogens with zero attached hydrogens (tertiary/aromatic N) is 1. The van der Waals surface area contributed by atoms with Crippen molar-refractivity contribution in [3.05, 3.63) is 96.7 Å². The Morgan fingerprint density at radius 2 is 1.73 bits per heavy atom. The number of esters is 1. The molecular weight excluding hydrogens is 380 g/mol. The quantitative estimate of drug-likeness (QED) is 0.476. The summed E-state index contributed by atoms with van der Waals surface area (Å²) in [5, 5.41) is 2.82. The van der Waals surface area contributed by atoms with E-state index in [1.54, 1.807) is 43.0 Å². The number of methoxy groups -OCH3 is 1. The summed E-state index contributed by atoms with van der Waals surface area (Å²) in [6.45, 7) is 0. The van der Waals surface area contributed by atoms with Gasteiger partial charge < -0.3 is 14.5 Å². The first-order chi connectivity index (χ1) is 14.7. The minimum atomic E-state index is -0.532. The number of hydrogen-bond acceptors (Lipinski definition) is 5. The molecule has 0 atom stereocenters. The number of carbonyl (C=O) groups is 2. The van der Waals surface area contributed by atoms with Crippen LogP contribution in [-0.2, 0) is 4.74 Å². The van der Waals surface area contributed by atoms with Crippen LogP contribution < -0.4 is 5.32 Å². The van der Waals surface area contributed by atoms with Crippen molar-refractivity contribution in [3.63, 3.8) is 0 Å². The van der Waals surface area contributed by atoms with Crippen LogP contribution in [0.1, 0.15) is 20.7 Å². The summed E-state index contributed by atoms with van der Waals surface area (Å²) in [5.74, 6) is -0.918. The zero-order valence-electron chi connectivity index (χ0n) is 16.2. The molecule has 0 spiro atoms. The molecule has 6 heteroatoms. The van der Waals surface area contributed by atoms with E-state index >= 15 is 0 Å². The van der Waals surface area contributed by atoms with Crippen LogP contribution in [0, 0.1) is 0 Å². The van der Waals surface area contributed by atoms with Gasteiger partial charge in [-0.15, -0.1) is 0 Å². The second kappa shape index (κ2) is 8.45. The fraction of sp³-hybridized carbons (Fsp3) is 0.0417. The molecule has 148 valence electrons. The first-order valence-corrected chi connectivity index (χ1v) is 9.22. The maximum absolute atomic E-state index is 12.9. The van der Waals surface area contributed by atoms with Gasteiger partial charge in [0.1, 0.15) is 0 Å². The SMILES string of the molecule is COC(=O)c1ccc(-c2ccccc2)cc1NC(=O)c1cncc(-c2ccoc2)c1. The molecule has 1 N–H and O–H groups in total. The Morgan fingerprint density at radius 3 is 2.47 bits per heavy atom. The number of pyridine rings is 1. The fourth-order valence-electron chi connectivity index (χ4n) is 3.09. The standard InChI is InChI=1S/C24H18N2O4/c1-29-24(28)21-8-7-17(16-5-3-2-4-6-16)12-22(21)26-23(27)20-11-19(13-25-14-20)18-9-10-30-15-18/h2-15H,1H3,(H,26,27). The van der Waals surface area contributed by atoms with Gasteiger partial charge in [0.15, 0.2) is 0 Å². The number of hydrogen-bond donors (Lipinski definition) is 1. The molecule has 4 aromatic rings. The maximum Gasteiger partial charge on any atom is 0.339 e. The third-order valence-corrected chi connectivity index (χ3v) is 4.64. The van der Waals surface area contributed by atoms with Crippen molar-refractivity contribution in [1.82, 2.24) is 4.98 Å². The highest BCUT2D eigenvalue weighted by molar-refractivity contribution is 6.08. The summed E-state index contributed by atoms with van der Waals surface area (Å²) in [7, 11) is 1.30. The number of ether oxygens (including phenoxy) is 1. The van der Waals surface area contributed by atoms with Gasteiger partial charge in [-0.25, -0.2) is 4.79 Å². The van der Waals surface area contributed by atoms with Crippen LogP contribution in [-0.4, -0.2) is 24.0 Å². The zero-order valence-corrected chi connectivity index (χ0v) is 16.2. The predicted octanol–water partition coefficient (Wildman–Crippen LogP) is 5.05. The topological polar surface area (TPSA) is 81.4 Å². The summed E-state index contributed by atoms with van der Waals surface area (Å²) in [4.78, 5) is 29.3. The number of rotatable bonds is 5. The first kappa shape index (κ1) is 19.1. The molecule has 0 saturated carbocycles. The van der Waals surface area contributed by atoms with Crippen LogP contribution in [0.5, 0.6) is 0 Å². The first-order valence-electron chi connectivity index (χ1n) is 9.22. The van der Waals surface area contributed by atoms with Crippen LogP contribution in [0.3, 0.4) is 0 Å². The van der Waals surface area contributed by atoms with Gasteiger partial charge in [-0.1, -0.05) is 36.4 Å². The van der Waals surface area contributed by atoms with Crippen LogP contribution in [0.15, 0.2) is 90.0 Å². The number of nitrogens with one attached hydrogen (secondary N) is 1. The number of benzene rings is 2. The van der Waals surface area contributed by atoms with E-state index in [0.717, 1.165) is 22.3 Å². The maximum atomic E-state index is 12.9. The van der Waals surface area contributed by atoms with Gasteiger partial charge in [-0.2, -0.15) is 0 Å². The molecule has 2 heterocycles. The molecule has 0 unspecified atom stereocenters. The molecule has 2 aromatic heterocycles. The van der Waals surface area contributed by atoms with Gasteiger partial charge >= 0.3 is 5.97 Å². The summed E-state index contributed by atoms with van der Waals surface area (Å²) < 4.78 is 9.96. The Labute approximate surface area is 173 Å². The Balaban J connectivity index is 1.68. The molecule has 2 aromatic carbocycles. The number of carbonyl (C=O) groups excluding carboxylic acids is 2. The van der Waals surface area contributed by atoms with E-state index < -0.39 is 5.97 Å². The van der Waals surface area contributed by atoms with Gasteiger partial charge in [-0.05, 0) is 35.4 Å². The second-order valence-corrected chi connectivity index (χ2v) is 6.55. The third-order valence-electron chi connectivity index (χ3n) is 4.64. The molecule has 4 rings (SSSR count). The Kier molecular flexibility index (Phi) is 5.39. The van der Waals surface area contributed by atoms with Crippen molar-refractivity contribution in [2.75, 3.05) is 12.4 Å². The number of amides is 1. The third kappa shape index (κ3) is 3.98. The lowest BCUT2D eigenvalue weighted by Gasteiger charge is -2.12. The van der Waals surface area contributed by atoms with Crippen molar-refractivity contribution in [2.45, 2.75) is 0 Å². The van der Waals surface area contributed by atoms with E-state index in [9.17, 15) is 9.59 Å². The second-order valence-electron chi connectivity index (χ2n) is 6.55. The highest BCUT2D eigenvalue weighted by atomic mass is 16.5. The molecule has 6 nitrogen and oxygen atoms in total. The normalized spacial score (nSPS) is 10.4. The van der Waals surface area contributed by atoms with Crippen molar-refractivity contribution < 1.29 is 18.7 Å². The largest absolute Gasteiger partial charge is 0.472 e. The molecule has 0 radical (unpaired) electrons. The lowest BCUT2D eigenvalue weighted by molar-refractivity contribution is 0.0602. The van der Waals surface area contributed by atoms with Gasteiger partial charge in [0.2, 0.25) is 0 Å². The van der Waals surface area contributed by atoms with Gasteiger partial charge in [-0.3, -0.25) is 9.78 Å². The van der Waals surface area contributed by atoms with E-state index in [1.165, 1.54) is 13.3 Å². The van der Waals surface area contributed by atoms with Crippen molar-refractivity contribution >= 4 is 17.6 Å². The molecule has 0 saturated heterocycles. The van der Waals surface area contributed by atoms with Crippen LogP contribution >= 0.6 is 0 Å². The lowest BCUT2D eigenvalue weighted by atomic mass is 10.0. The molecule has 0 aliphatic heterocycles. The van der Waals surface area contributed by atoms with Crippen molar-refractivity contribution in [1.29, 1.82) is 0 Å². The molecule has 0 fully saturated rings. The average Bonchev–Trinajstić information content (AvgIpc) is 3.34. The predicted molar refractivity (Wildman–Crippen MR) is 113 cm³/mol. The molecule has 0 bridgehead atoms. The summed E-state index contributed by atoms with van der Waals surface area (Å²) in [6.07, 6.45) is 6.26. The van der Waals surface area contributed by atoms with Crippen LogP contribution in [0.25, 0.3) is 22.3 Å². The Hall–Kier alpha value is -4.19. The van der Waals surface area contributed by atoms with Crippen molar-refractivity contribution in [2.24, 2.45) is 0 Å². The van der Waals surface area contributed by atoms with E-state index in [4.69, 9.17) is 9.15 Å². The summed E-state index contributed by atoms with van der Waals surface area (Å²) in [5.41, 5.74) is 4.39. The summed E-state index contributed by atoms with van der Waals surface area (Å²) >= 11 is 0. The number of furan rings is 1. The van der Waals surface area contributed by atoms with E-state index in [-0.39, 0.29) is 11.5 Å². The number of anilines is 1. The van der Waals surface area contributed by atoms with Crippen LogP contribution in [0.2, 0.25) is 0 Å². The minimum Gasteiger partial charge on any atom is -0.472 e. The molecule has 0 aliphatic rings. The average molecular weight is 398 g/mol. The zero-order chi connectivity index (χ0) is 20.9.